The number of hydrogen-bond donors (Lipinski definition) is 0. The molecule has 1 heterocycles. The van der Waals surface area contributed by atoms with Crippen molar-refractivity contribution in [2.24, 2.45) is 0 Å². The van der Waals surface area contributed by atoms with E-state index in [1.165, 1.54) is 4.31 Å². The Bertz CT molecular complexity index is 744. The lowest BCUT2D eigenvalue weighted by atomic mass is 10.2. The van der Waals surface area contributed by atoms with Crippen LogP contribution in [0.4, 0.5) is 5.69 Å². The summed E-state index contributed by atoms with van der Waals surface area (Å²) in [6.45, 7) is 0. The Hall–Kier alpha value is -1.21. The van der Waals surface area contributed by atoms with Gasteiger partial charge >= 0.3 is 0 Å². The predicted molar refractivity (Wildman–Crippen MR) is 77.6 cm³/mol. The van der Waals surface area contributed by atoms with Gasteiger partial charge in [-0.2, -0.15) is 0 Å². The monoisotopic (exact) mass is 341 g/mol. The van der Waals surface area contributed by atoms with Crippen LogP contribution in [0.25, 0.3) is 11.0 Å². The van der Waals surface area contributed by atoms with Crippen LogP contribution in [-0.2, 0) is 10.0 Å². The molecule has 2 aromatic rings. The van der Waals surface area contributed by atoms with E-state index in [1.807, 2.05) is 6.07 Å². The third-order valence-electron chi connectivity index (χ3n) is 3.21. The summed E-state index contributed by atoms with van der Waals surface area (Å²) in [7, 11) is -1.73. The summed E-state index contributed by atoms with van der Waals surface area (Å²) in [6.07, 6.45) is 4.63. The van der Waals surface area contributed by atoms with Crippen LogP contribution in [0.1, 0.15) is 12.8 Å². The third-order valence-corrected chi connectivity index (χ3v) is 6.11. The van der Waals surface area contributed by atoms with Gasteiger partial charge in [-0.1, -0.05) is 0 Å². The number of rotatable bonds is 3. The number of sulfonamides is 1. The van der Waals surface area contributed by atoms with Crippen molar-refractivity contribution < 1.29 is 8.42 Å². The number of aromatic nitrogens is 2. The zero-order valence-corrected chi connectivity index (χ0v) is 12.6. The minimum Gasteiger partial charge on any atom is -0.270 e. The van der Waals surface area contributed by atoms with Gasteiger partial charge in [0, 0.05) is 23.9 Å². The van der Waals surface area contributed by atoms with Gasteiger partial charge in [0.25, 0.3) is 0 Å². The Balaban J connectivity index is 2.21. The Labute approximate surface area is 119 Å². The van der Waals surface area contributed by atoms with E-state index in [0.29, 0.717) is 21.2 Å². The Morgan fingerprint density at radius 3 is 2.63 bits per heavy atom. The van der Waals surface area contributed by atoms with E-state index in [4.69, 9.17) is 0 Å². The lowest BCUT2D eigenvalue weighted by molar-refractivity contribution is 0.593. The van der Waals surface area contributed by atoms with Crippen molar-refractivity contribution in [1.29, 1.82) is 0 Å². The molecule has 1 aliphatic carbocycles. The minimum atomic E-state index is -3.30. The fraction of sp³-hybridized carbons (Fsp3) is 0.333. The van der Waals surface area contributed by atoms with E-state index in [2.05, 4.69) is 25.9 Å². The molecule has 100 valence electrons. The first-order valence-electron chi connectivity index (χ1n) is 5.89. The molecule has 0 saturated heterocycles. The molecule has 0 bridgehead atoms. The lowest BCUT2D eigenvalue weighted by Crippen LogP contribution is -2.30. The number of anilines is 1. The first-order chi connectivity index (χ1) is 9.01. The summed E-state index contributed by atoms with van der Waals surface area (Å²) >= 11 is 3.41. The molecule has 1 aliphatic rings. The fourth-order valence-corrected chi connectivity index (χ4v) is 4.34. The van der Waals surface area contributed by atoms with E-state index in [1.54, 1.807) is 25.5 Å². The average molecular weight is 342 g/mol. The average Bonchev–Trinajstić information content (AvgIpc) is 3.22. The normalized spacial score (nSPS) is 15.7. The summed E-state index contributed by atoms with van der Waals surface area (Å²) in [5.41, 5.74) is 1.82. The molecule has 1 fully saturated rings. The van der Waals surface area contributed by atoms with Crippen molar-refractivity contribution in [2.45, 2.75) is 18.1 Å². The van der Waals surface area contributed by atoms with Crippen LogP contribution in [0.5, 0.6) is 0 Å². The molecule has 5 nitrogen and oxygen atoms in total. The van der Waals surface area contributed by atoms with Gasteiger partial charge in [0.1, 0.15) is 5.52 Å². The summed E-state index contributed by atoms with van der Waals surface area (Å²) in [4.78, 5) is 8.46. The molecule has 0 spiro atoms. The second-order valence-corrected chi connectivity index (χ2v) is 7.63. The number of halogens is 1. The van der Waals surface area contributed by atoms with Crippen molar-refractivity contribution in [3.63, 3.8) is 0 Å². The third kappa shape index (κ3) is 2.10. The molecule has 1 aromatic carbocycles. The van der Waals surface area contributed by atoms with Crippen LogP contribution in [0.15, 0.2) is 29.0 Å². The molecule has 19 heavy (non-hydrogen) atoms. The highest BCUT2D eigenvalue weighted by atomic mass is 79.9. The molecule has 0 amide bonds. The molecule has 0 radical (unpaired) electrons. The van der Waals surface area contributed by atoms with Crippen molar-refractivity contribution in [1.82, 2.24) is 9.97 Å². The first-order valence-corrected chi connectivity index (χ1v) is 8.18. The molecule has 0 aliphatic heterocycles. The SMILES string of the molecule is CN(c1c(Br)ccc2nccnc12)S(=O)(=O)C1CC1. The highest BCUT2D eigenvalue weighted by molar-refractivity contribution is 9.10. The lowest BCUT2D eigenvalue weighted by Gasteiger charge is -2.21. The molecule has 7 heteroatoms. The van der Waals surface area contributed by atoms with Crippen molar-refractivity contribution >= 4 is 42.7 Å². The number of benzene rings is 1. The molecular formula is C12H12BrN3O2S. The highest BCUT2D eigenvalue weighted by Crippen LogP contribution is 2.38. The second kappa shape index (κ2) is 4.42. The number of hydrogen-bond acceptors (Lipinski definition) is 4. The summed E-state index contributed by atoms with van der Waals surface area (Å²) < 4.78 is 26.7. The molecule has 1 aromatic heterocycles. The number of nitrogens with zero attached hydrogens (tertiary/aromatic N) is 3. The summed E-state index contributed by atoms with van der Waals surface area (Å²) in [5.74, 6) is 0. The summed E-state index contributed by atoms with van der Waals surface area (Å²) in [6, 6.07) is 3.61. The molecule has 0 N–H and O–H groups in total. The Morgan fingerprint density at radius 2 is 1.95 bits per heavy atom. The van der Waals surface area contributed by atoms with Crippen LogP contribution in [-0.4, -0.2) is 30.7 Å². The van der Waals surface area contributed by atoms with Gasteiger partial charge in [-0.05, 0) is 40.9 Å². The molecule has 0 unspecified atom stereocenters. The molecule has 3 rings (SSSR count). The smallest absolute Gasteiger partial charge is 0.237 e. The highest BCUT2D eigenvalue weighted by Gasteiger charge is 2.39. The van der Waals surface area contributed by atoms with E-state index in [9.17, 15) is 8.42 Å². The molecule has 1 saturated carbocycles. The van der Waals surface area contributed by atoms with E-state index >= 15 is 0 Å². The first kappa shape index (κ1) is 12.8. The molecule has 0 atom stereocenters. The second-order valence-electron chi connectivity index (χ2n) is 4.53. The zero-order valence-electron chi connectivity index (χ0n) is 10.2. The Kier molecular flexibility index (Phi) is 2.98. The fourth-order valence-electron chi connectivity index (χ4n) is 2.01. The van der Waals surface area contributed by atoms with Crippen LogP contribution in [0, 0.1) is 0 Å². The van der Waals surface area contributed by atoms with E-state index in [-0.39, 0.29) is 5.25 Å². The Morgan fingerprint density at radius 1 is 1.26 bits per heavy atom. The van der Waals surface area contributed by atoms with E-state index in [0.717, 1.165) is 12.8 Å². The van der Waals surface area contributed by atoms with Gasteiger partial charge in [-0.3, -0.25) is 14.3 Å². The zero-order chi connectivity index (χ0) is 13.6. The van der Waals surface area contributed by atoms with Gasteiger partial charge in [-0.15, -0.1) is 0 Å². The quantitative estimate of drug-likeness (QED) is 0.859. The predicted octanol–water partition coefficient (Wildman–Crippen LogP) is 2.32. The maximum atomic E-state index is 12.3. The van der Waals surface area contributed by atoms with Gasteiger partial charge in [-0.25, -0.2) is 8.42 Å². The van der Waals surface area contributed by atoms with Gasteiger partial charge in [0.05, 0.1) is 16.5 Å². The van der Waals surface area contributed by atoms with Crippen molar-refractivity contribution in [3.05, 3.63) is 29.0 Å². The van der Waals surface area contributed by atoms with Crippen molar-refractivity contribution in [2.75, 3.05) is 11.4 Å². The van der Waals surface area contributed by atoms with Gasteiger partial charge in [0.15, 0.2) is 0 Å². The number of fused-ring (bicyclic) bond motifs is 1. The maximum absolute atomic E-state index is 12.3. The van der Waals surface area contributed by atoms with Crippen LogP contribution < -0.4 is 4.31 Å². The van der Waals surface area contributed by atoms with Crippen molar-refractivity contribution in [3.8, 4) is 0 Å². The van der Waals surface area contributed by atoms with Crippen LogP contribution in [0.2, 0.25) is 0 Å². The molecular weight excluding hydrogens is 330 g/mol. The van der Waals surface area contributed by atoms with Crippen LogP contribution >= 0.6 is 15.9 Å². The van der Waals surface area contributed by atoms with E-state index < -0.39 is 10.0 Å². The summed E-state index contributed by atoms with van der Waals surface area (Å²) in [5, 5.41) is -0.253. The largest absolute Gasteiger partial charge is 0.270 e. The standard InChI is InChI=1S/C12H12BrN3O2S/c1-16(19(17,18)8-2-3-8)12-9(13)4-5-10-11(12)15-7-6-14-10/h4-8H,2-3H2,1H3. The van der Waals surface area contributed by atoms with Crippen LogP contribution in [0.3, 0.4) is 0 Å². The topological polar surface area (TPSA) is 63.2 Å². The van der Waals surface area contributed by atoms with Gasteiger partial charge in [0.2, 0.25) is 10.0 Å². The minimum absolute atomic E-state index is 0.253. The van der Waals surface area contributed by atoms with Gasteiger partial charge < -0.3 is 0 Å². The maximum Gasteiger partial charge on any atom is 0.237 e.